The molecule has 0 fully saturated rings. The van der Waals surface area contributed by atoms with Crippen molar-refractivity contribution in [1.82, 2.24) is 9.78 Å². The fourth-order valence-corrected chi connectivity index (χ4v) is 1.42. The zero-order chi connectivity index (χ0) is 12.0. The highest BCUT2D eigenvalue weighted by molar-refractivity contribution is 5.72. The van der Waals surface area contributed by atoms with Crippen LogP contribution in [-0.2, 0) is 11.3 Å². The van der Waals surface area contributed by atoms with Gasteiger partial charge < -0.3 is 9.84 Å². The molecule has 1 rings (SSSR count). The minimum Gasteiger partial charge on any atom is -0.479 e. The van der Waals surface area contributed by atoms with E-state index in [4.69, 9.17) is 9.84 Å². The van der Waals surface area contributed by atoms with E-state index in [0.717, 1.165) is 19.4 Å². The second-order valence-corrected chi connectivity index (χ2v) is 3.67. The van der Waals surface area contributed by atoms with Gasteiger partial charge in [0, 0.05) is 6.54 Å². The maximum atomic E-state index is 10.9. The Morgan fingerprint density at radius 3 is 2.88 bits per heavy atom. The normalized spacial score (nSPS) is 12.4. The van der Waals surface area contributed by atoms with Gasteiger partial charge in [0.05, 0.1) is 12.4 Å². The first-order chi connectivity index (χ1) is 7.67. The predicted molar refractivity (Wildman–Crippen MR) is 59.5 cm³/mol. The molecule has 1 N–H and O–H groups in total. The number of carboxylic acid groups (broad SMARTS) is 1. The molecule has 0 aliphatic heterocycles. The van der Waals surface area contributed by atoms with Crippen molar-refractivity contribution < 1.29 is 14.6 Å². The summed E-state index contributed by atoms with van der Waals surface area (Å²) in [6.07, 6.45) is 4.78. The number of aryl methyl sites for hydroxylation is 1. The summed E-state index contributed by atoms with van der Waals surface area (Å²) in [5.41, 5.74) is 0. The van der Waals surface area contributed by atoms with E-state index in [2.05, 4.69) is 12.0 Å². The molecule has 0 spiro atoms. The lowest BCUT2D eigenvalue weighted by atomic mass is 10.2. The van der Waals surface area contributed by atoms with Crippen LogP contribution < -0.4 is 4.74 Å². The Morgan fingerprint density at radius 2 is 2.31 bits per heavy atom. The van der Waals surface area contributed by atoms with E-state index in [1.165, 1.54) is 0 Å². The third-order valence-corrected chi connectivity index (χ3v) is 2.17. The fourth-order valence-electron chi connectivity index (χ4n) is 1.42. The monoisotopic (exact) mass is 226 g/mol. The molecule has 5 nitrogen and oxygen atoms in total. The van der Waals surface area contributed by atoms with Gasteiger partial charge in [-0.3, -0.25) is 4.68 Å². The zero-order valence-corrected chi connectivity index (χ0v) is 9.72. The van der Waals surface area contributed by atoms with E-state index in [-0.39, 0.29) is 0 Å². The molecule has 5 heteroatoms. The van der Waals surface area contributed by atoms with Crippen LogP contribution in [0, 0.1) is 0 Å². The third kappa shape index (κ3) is 3.56. The summed E-state index contributed by atoms with van der Waals surface area (Å²) in [7, 11) is 0. The van der Waals surface area contributed by atoms with Crippen LogP contribution in [0.25, 0.3) is 0 Å². The predicted octanol–water partition coefficient (Wildman–Crippen LogP) is 1.93. The number of carboxylic acids is 1. The van der Waals surface area contributed by atoms with Gasteiger partial charge in [0.1, 0.15) is 0 Å². The summed E-state index contributed by atoms with van der Waals surface area (Å²) in [5.74, 6) is -0.403. The summed E-state index contributed by atoms with van der Waals surface area (Å²) in [6, 6.07) is 0. The summed E-state index contributed by atoms with van der Waals surface area (Å²) < 4.78 is 7.11. The van der Waals surface area contributed by atoms with Crippen molar-refractivity contribution in [2.45, 2.75) is 45.8 Å². The van der Waals surface area contributed by atoms with Crippen LogP contribution in [-0.4, -0.2) is 27.0 Å². The van der Waals surface area contributed by atoms with Crippen molar-refractivity contribution in [2.75, 3.05) is 0 Å². The lowest BCUT2D eigenvalue weighted by molar-refractivity contribution is -0.145. The van der Waals surface area contributed by atoms with Gasteiger partial charge in [0.2, 0.25) is 0 Å². The van der Waals surface area contributed by atoms with Gasteiger partial charge in [-0.1, -0.05) is 20.3 Å². The topological polar surface area (TPSA) is 64.4 Å². The molecule has 0 saturated carbocycles. The van der Waals surface area contributed by atoms with Crippen LogP contribution in [0.4, 0.5) is 0 Å². The molecule has 0 bridgehead atoms. The van der Waals surface area contributed by atoms with E-state index in [9.17, 15) is 4.79 Å². The minimum absolute atomic E-state index is 0.508. The van der Waals surface area contributed by atoms with E-state index in [1.807, 2.05) is 6.92 Å². The molecule has 1 aromatic rings. The largest absolute Gasteiger partial charge is 0.479 e. The second kappa shape index (κ2) is 6.15. The first kappa shape index (κ1) is 12.5. The molecule has 1 atom stereocenters. The Morgan fingerprint density at radius 1 is 1.56 bits per heavy atom. The molecular weight excluding hydrogens is 208 g/mol. The van der Waals surface area contributed by atoms with Crippen LogP contribution >= 0.6 is 0 Å². The van der Waals surface area contributed by atoms with Crippen molar-refractivity contribution >= 4 is 5.97 Å². The lowest BCUT2D eigenvalue weighted by Crippen LogP contribution is -2.26. The van der Waals surface area contributed by atoms with Gasteiger partial charge in [-0.25, -0.2) is 4.79 Å². The van der Waals surface area contributed by atoms with Crippen molar-refractivity contribution in [1.29, 1.82) is 0 Å². The van der Waals surface area contributed by atoms with Crippen LogP contribution in [0.1, 0.15) is 33.1 Å². The summed E-state index contributed by atoms with van der Waals surface area (Å²) in [4.78, 5) is 10.9. The number of hydrogen-bond donors (Lipinski definition) is 1. The molecule has 1 aromatic heterocycles. The van der Waals surface area contributed by atoms with Gasteiger partial charge >= 0.3 is 5.97 Å². The Labute approximate surface area is 95.0 Å². The molecule has 0 amide bonds. The smallest absolute Gasteiger partial charge is 0.344 e. The summed E-state index contributed by atoms with van der Waals surface area (Å²) in [5, 5.41) is 13.0. The third-order valence-electron chi connectivity index (χ3n) is 2.17. The Hall–Kier alpha value is -1.52. The van der Waals surface area contributed by atoms with Gasteiger partial charge in [-0.15, -0.1) is 0 Å². The van der Waals surface area contributed by atoms with Crippen LogP contribution in [0.2, 0.25) is 0 Å². The maximum Gasteiger partial charge on any atom is 0.344 e. The standard InChI is InChI=1S/C11H18N2O3/c1-3-5-10(11(14)15)16-9-7-12-13(8-9)6-4-2/h7-8,10H,3-6H2,1-2H3,(H,14,15). The highest BCUT2D eigenvalue weighted by Gasteiger charge is 2.18. The SMILES string of the molecule is CCCC(Oc1cnn(CCC)c1)C(=O)O. The van der Waals surface area contributed by atoms with E-state index < -0.39 is 12.1 Å². The first-order valence-corrected chi connectivity index (χ1v) is 5.59. The number of carbonyl (C=O) groups is 1. The van der Waals surface area contributed by atoms with Gasteiger partial charge in [0.25, 0.3) is 0 Å². The van der Waals surface area contributed by atoms with Crippen LogP contribution in [0.3, 0.4) is 0 Å². The van der Waals surface area contributed by atoms with Crippen molar-refractivity contribution in [2.24, 2.45) is 0 Å². The highest BCUT2D eigenvalue weighted by Crippen LogP contribution is 2.13. The molecule has 0 aromatic carbocycles. The number of ether oxygens (including phenoxy) is 1. The molecule has 16 heavy (non-hydrogen) atoms. The second-order valence-electron chi connectivity index (χ2n) is 3.67. The molecule has 0 aliphatic carbocycles. The van der Waals surface area contributed by atoms with Crippen molar-refractivity contribution in [3.05, 3.63) is 12.4 Å². The Kier molecular flexibility index (Phi) is 4.82. The highest BCUT2D eigenvalue weighted by atomic mass is 16.5. The molecule has 90 valence electrons. The number of aromatic nitrogens is 2. The molecule has 1 heterocycles. The van der Waals surface area contributed by atoms with Crippen LogP contribution in [0.5, 0.6) is 5.75 Å². The number of rotatable bonds is 7. The first-order valence-electron chi connectivity index (χ1n) is 5.59. The summed E-state index contributed by atoms with van der Waals surface area (Å²) >= 11 is 0. The summed E-state index contributed by atoms with van der Waals surface area (Å²) in [6.45, 7) is 4.80. The quantitative estimate of drug-likeness (QED) is 0.771. The van der Waals surface area contributed by atoms with E-state index in [0.29, 0.717) is 12.2 Å². The van der Waals surface area contributed by atoms with E-state index >= 15 is 0 Å². The molecule has 0 saturated heterocycles. The number of nitrogens with zero attached hydrogens (tertiary/aromatic N) is 2. The van der Waals surface area contributed by atoms with Gasteiger partial charge in [0.15, 0.2) is 11.9 Å². The van der Waals surface area contributed by atoms with Crippen molar-refractivity contribution in [3.8, 4) is 5.75 Å². The van der Waals surface area contributed by atoms with Crippen molar-refractivity contribution in [3.63, 3.8) is 0 Å². The molecular formula is C11H18N2O3. The van der Waals surface area contributed by atoms with Gasteiger partial charge in [-0.05, 0) is 12.8 Å². The maximum absolute atomic E-state index is 10.9. The Bertz CT molecular complexity index is 336. The average molecular weight is 226 g/mol. The molecule has 1 unspecified atom stereocenters. The Balaban J connectivity index is 2.58. The van der Waals surface area contributed by atoms with E-state index in [1.54, 1.807) is 17.1 Å². The van der Waals surface area contributed by atoms with Crippen LogP contribution in [0.15, 0.2) is 12.4 Å². The lowest BCUT2D eigenvalue weighted by Gasteiger charge is -2.11. The average Bonchev–Trinajstić information content (AvgIpc) is 2.65. The van der Waals surface area contributed by atoms with Gasteiger partial charge in [-0.2, -0.15) is 5.10 Å². The number of aliphatic carboxylic acids is 1. The number of hydrogen-bond acceptors (Lipinski definition) is 3. The molecule has 0 aliphatic rings. The minimum atomic E-state index is -0.926. The zero-order valence-electron chi connectivity index (χ0n) is 9.72. The fraction of sp³-hybridized carbons (Fsp3) is 0.636. The molecule has 0 radical (unpaired) electrons.